The van der Waals surface area contributed by atoms with E-state index in [2.05, 4.69) is 46.4 Å². The molecule has 0 saturated carbocycles. The number of aryl methyl sites for hydroxylation is 3. The fourth-order valence-electron chi connectivity index (χ4n) is 2.34. The van der Waals surface area contributed by atoms with Crippen LogP contribution < -0.4 is 0 Å². The maximum atomic E-state index is 3.80. The van der Waals surface area contributed by atoms with Crippen LogP contribution in [0.3, 0.4) is 0 Å². The summed E-state index contributed by atoms with van der Waals surface area (Å²) in [7, 11) is 0. The van der Waals surface area contributed by atoms with Crippen molar-refractivity contribution in [3.63, 3.8) is 0 Å². The molecular formula is C14H20. The second kappa shape index (κ2) is 4.45. The molecule has 0 bridgehead atoms. The lowest BCUT2D eigenvalue weighted by Gasteiger charge is -2.16. The number of benzene rings is 1. The first kappa shape index (κ1) is 11.0. The predicted molar refractivity (Wildman–Crippen MR) is 63.9 cm³/mol. The van der Waals surface area contributed by atoms with E-state index in [1.807, 2.05) is 6.08 Å². The molecule has 0 heterocycles. The first-order valence-electron chi connectivity index (χ1n) is 5.25. The molecule has 0 nitrogen and oxygen atoms in total. The summed E-state index contributed by atoms with van der Waals surface area (Å²) in [5.41, 5.74) is 5.68. The zero-order valence-electron chi connectivity index (χ0n) is 9.72. The van der Waals surface area contributed by atoms with E-state index in [-0.39, 0.29) is 0 Å². The normalized spacial score (nSPS) is 12.6. The topological polar surface area (TPSA) is 0 Å². The van der Waals surface area contributed by atoms with Crippen LogP contribution in [0.15, 0.2) is 24.8 Å². The molecule has 0 aliphatic heterocycles. The van der Waals surface area contributed by atoms with Gasteiger partial charge in [-0.25, -0.2) is 0 Å². The molecule has 0 aliphatic rings. The maximum absolute atomic E-state index is 3.80. The van der Waals surface area contributed by atoms with E-state index in [0.717, 1.165) is 6.42 Å². The SMILES string of the molecule is C=CCC(C)c1c(C)cc(C)cc1C. The van der Waals surface area contributed by atoms with E-state index in [0.29, 0.717) is 5.92 Å². The number of rotatable bonds is 3. The standard InChI is InChI=1S/C14H20/c1-6-7-11(3)14-12(4)8-10(2)9-13(14)5/h6,8-9,11H,1,7H2,2-5H3. The average molecular weight is 188 g/mol. The Morgan fingerprint density at radius 2 is 1.71 bits per heavy atom. The number of hydrogen-bond acceptors (Lipinski definition) is 0. The summed E-state index contributed by atoms with van der Waals surface area (Å²) in [5.74, 6) is 0.591. The summed E-state index contributed by atoms with van der Waals surface area (Å²) in [5, 5.41) is 0. The highest BCUT2D eigenvalue weighted by Gasteiger charge is 2.10. The zero-order chi connectivity index (χ0) is 10.7. The van der Waals surface area contributed by atoms with Crippen LogP contribution in [0.2, 0.25) is 0 Å². The van der Waals surface area contributed by atoms with Crippen LogP contribution in [0.1, 0.15) is 41.5 Å². The van der Waals surface area contributed by atoms with Crippen molar-refractivity contribution in [2.75, 3.05) is 0 Å². The molecule has 0 amide bonds. The molecule has 0 heteroatoms. The molecular weight excluding hydrogens is 168 g/mol. The molecule has 0 spiro atoms. The minimum atomic E-state index is 0.591. The van der Waals surface area contributed by atoms with Crippen molar-refractivity contribution < 1.29 is 0 Å². The molecule has 1 rings (SSSR count). The molecule has 14 heavy (non-hydrogen) atoms. The molecule has 76 valence electrons. The van der Waals surface area contributed by atoms with Crippen molar-refractivity contribution in [3.05, 3.63) is 47.0 Å². The minimum absolute atomic E-state index is 0.591. The van der Waals surface area contributed by atoms with Gasteiger partial charge in [0.15, 0.2) is 0 Å². The summed E-state index contributed by atoms with van der Waals surface area (Å²) in [4.78, 5) is 0. The molecule has 1 aromatic carbocycles. The Kier molecular flexibility index (Phi) is 3.51. The summed E-state index contributed by atoms with van der Waals surface area (Å²) >= 11 is 0. The van der Waals surface area contributed by atoms with E-state index in [4.69, 9.17) is 0 Å². The quantitative estimate of drug-likeness (QED) is 0.621. The fraction of sp³-hybridized carbons (Fsp3) is 0.429. The van der Waals surface area contributed by atoms with Gasteiger partial charge in [-0.15, -0.1) is 6.58 Å². The van der Waals surface area contributed by atoms with E-state index in [1.165, 1.54) is 22.3 Å². The predicted octanol–water partition coefficient (Wildman–Crippen LogP) is 4.29. The highest BCUT2D eigenvalue weighted by molar-refractivity contribution is 5.39. The highest BCUT2D eigenvalue weighted by atomic mass is 14.1. The van der Waals surface area contributed by atoms with Crippen LogP contribution in [0.4, 0.5) is 0 Å². The second-order valence-corrected chi connectivity index (χ2v) is 4.24. The van der Waals surface area contributed by atoms with Crippen molar-refractivity contribution in [1.29, 1.82) is 0 Å². The van der Waals surface area contributed by atoms with Gasteiger partial charge in [0, 0.05) is 0 Å². The molecule has 0 radical (unpaired) electrons. The third-order valence-corrected chi connectivity index (χ3v) is 2.75. The van der Waals surface area contributed by atoms with Gasteiger partial charge < -0.3 is 0 Å². The van der Waals surface area contributed by atoms with Gasteiger partial charge in [-0.05, 0) is 49.8 Å². The molecule has 0 N–H and O–H groups in total. The summed E-state index contributed by atoms with van der Waals surface area (Å²) in [6.07, 6.45) is 3.06. The van der Waals surface area contributed by atoms with E-state index in [9.17, 15) is 0 Å². The van der Waals surface area contributed by atoms with Crippen molar-refractivity contribution in [2.24, 2.45) is 0 Å². The van der Waals surface area contributed by atoms with Gasteiger partial charge in [-0.1, -0.05) is 30.7 Å². The van der Waals surface area contributed by atoms with Gasteiger partial charge in [0.1, 0.15) is 0 Å². The van der Waals surface area contributed by atoms with E-state index >= 15 is 0 Å². The van der Waals surface area contributed by atoms with Crippen molar-refractivity contribution in [2.45, 2.75) is 40.0 Å². The molecule has 0 saturated heterocycles. The van der Waals surface area contributed by atoms with Crippen molar-refractivity contribution in [1.82, 2.24) is 0 Å². The van der Waals surface area contributed by atoms with Crippen LogP contribution in [-0.2, 0) is 0 Å². The third-order valence-electron chi connectivity index (χ3n) is 2.75. The van der Waals surface area contributed by atoms with Crippen LogP contribution in [0.25, 0.3) is 0 Å². The Bertz CT molecular complexity index is 311. The largest absolute Gasteiger partial charge is 0.103 e. The summed E-state index contributed by atoms with van der Waals surface area (Å²) in [6.45, 7) is 12.6. The lowest BCUT2D eigenvalue weighted by molar-refractivity contribution is 0.767. The van der Waals surface area contributed by atoms with Gasteiger partial charge in [-0.3, -0.25) is 0 Å². The van der Waals surface area contributed by atoms with Crippen molar-refractivity contribution in [3.8, 4) is 0 Å². The number of allylic oxidation sites excluding steroid dienone is 1. The molecule has 0 aliphatic carbocycles. The molecule has 1 aromatic rings. The van der Waals surface area contributed by atoms with Crippen molar-refractivity contribution >= 4 is 0 Å². The summed E-state index contributed by atoms with van der Waals surface area (Å²) < 4.78 is 0. The third kappa shape index (κ3) is 2.25. The molecule has 1 atom stereocenters. The Morgan fingerprint density at radius 1 is 1.21 bits per heavy atom. The molecule has 0 aromatic heterocycles. The maximum Gasteiger partial charge on any atom is -0.0151 e. The lowest BCUT2D eigenvalue weighted by Crippen LogP contribution is -1.99. The Morgan fingerprint density at radius 3 is 2.14 bits per heavy atom. The Hall–Kier alpha value is -1.04. The monoisotopic (exact) mass is 188 g/mol. The zero-order valence-corrected chi connectivity index (χ0v) is 9.72. The van der Waals surface area contributed by atoms with Gasteiger partial charge in [0.2, 0.25) is 0 Å². The van der Waals surface area contributed by atoms with Crippen LogP contribution in [0, 0.1) is 20.8 Å². The second-order valence-electron chi connectivity index (χ2n) is 4.24. The first-order valence-corrected chi connectivity index (χ1v) is 5.25. The van der Waals surface area contributed by atoms with Crippen LogP contribution in [0.5, 0.6) is 0 Å². The first-order chi connectivity index (χ1) is 6.56. The van der Waals surface area contributed by atoms with Gasteiger partial charge >= 0.3 is 0 Å². The average Bonchev–Trinajstić information content (AvgIpc) is 2.01. The van der Waals surface area contributed by atoms with Crippen LogP contribution in [-0.4, -0.2) is 0 Å². The smallest absolute Gasteiger partial charge is 0.0151 e. The molecule has 1 unspecified atom stereocenters. The lowest BCUT2D eigenvalue weighted by atomic mass is 9.89. The Labute approximate surface area is 87.7 Å². The van der Waals surface area contributed by atoms with Gasteiger partial charge in [0.25, 0.3) is 0 Å². The minimum Gasteiger partial charge on any atom is -0.103 e. The highest BCUT2D eigenvalue weighted by Crippen LogP contribution is 2.27. The Balaban J connectivity index is 3.13. The van der Waals surface area contributed by atoms with E-state index in [1.54, 1.807) is 0 Å². The van der Waals surface area contributed by atoms with Gasteiger partial charge in [-0.2, -0.15) is 0 Å². The fourth-order valence-corrected chi connectivity index (χ4v) is 2.34. The summed E-state index contributed by atoms with van der Waals surface area (Å²) in [6, 6.07) is 4.53. The number of hydrogen-bond donors (Lipinski definition) is 0. The van der Waals surface area contributed by atoms with Crippen LogP contribution >= 0.6 is 0 Å². The van der Waals surface area contributed by atoms with Gasteiger partial charge in [0.05, 0.1) is 0 Å². The van der Waals surface area contributed by atoms with E-state index < -0.39 is 0 Å². The molecule has 0 fully saturated rings.